The highest BCUT2D eigenvalue weighted by molar-refractivity contribution is 7.22. The Kier molecular flexibility index (Phi) is 5.27. The Bertz CT molecular complexity index is 1400. The highest BCUT2D eigenvalue weighted by Gasteiger charge is 2.37. The molecule has 154 valence electrons. The van der Waals surface area contributed by atoms with E-state index in [0.29, 0.717) is 42.3 Å². The number of anilines is 2. The summed E-state index contributed by atoms with van der Waals surface area (Å²) in [5.41, 5.74) is 1.87. The summed E-state index contributed by atoms with van der Waals surface area (Å²) in [5.74, 6) is -0.567. The summed E-state index contributed by atoms with van der Waals surface area (Å²) in [5, 5.41) is 2.64. The summed E-state index contributed by atoms with van der Waals surface area (Å²) in [7, 11) is 0. The number of rotatable bonds is 2. The van der Waals surface area contributed by atoms with Crippen molar-refractivity contribution >= 4 is 72.8 Å². The number of benzene rings is 3. The molecule has 1 aliphatic heterocycles. The molecule has 1 atom stereocenters. The van der Waals surface area contributed by atoms with Crippen molar-refractivity contribution in [1.82, 2.24) is 0 Å². The first-order chi connectivity index (χ1) is 14.9. The van der Waals surface area contributed by atoms with Crippen molar-refractivity contribution in [3.8, 4) is 0 Å². The Morgan fingerprint density at radius 1 is 0.871 bits per heavy atom. The minimum atomic E-state index is -0.462. The minimum absolute atomic E-state index is 0.105. The number of para-hydroxylation sites is 1. The van der Waals surface area contributed by atoms with Crippen molar-refractivity contribution in [2.24, 2.45) is 0 Å². The Balaban J connectivity index is 1.84. The Morgan fingerprint density at radius 2 is 1.58 bits per heavy atom. The number of carbonyl (C=O) groups excluding carboxylic acids is 1. The predicted octanol–water partition coefficient (Wildman–Crippen LogP) is 7.42. The van der Waals surface area contributed by atoms with Crippen LogP contribution in [-0.2, 0) is 4.79 Å². The number of fused-ring (bicyclic) bond motifs is 2. The summed E-state index contributed by atoms with van der Waals surface area (Å²) < 4.78 is 0.729. The van der Waals surface area contributed by atoms with Gasteiger partial charge < -0.3 is 0 Å². The van der Waals surface area contributed by atoms with Gasteiger partial charge in [-0.25, -0.2) is 0 Å². The molecule has 0 aliphatic carbocycles. The molecular weight excluding hydrogens is 473 g/mol. The lowest BCUT2D eigenvalue weighted by atomic mass is 9.85. The van der Waals surface area contributed by atoms with Gasteiger partial charge in [0, 0.05) is 48.7 Å². The number of halogens is 3. The third-order valence-electron chi connectivity index (χ3n) is 5.40. The van der Waals surface area contributed by atoms with Crippen LogP contribution in [0.2, 0.25) is 15.1 Å². The first-order valence-corrected chi connectivity index (χ1v) is 11.5. The van der Waals surface area contributed by atoms with Gasteiger partial charge in [0.2, 0.25) is 5.91 Å². The van der Waals surface area contributed by atoms with Crippen LogP contribution in [0.5, 0.6) is 0 Å². The topological polar surface area (TPSA) is 37.4 Å². The first-order valence-electron chi connectivity index (χ1n) is 9.53. The molecule has 3 aromatic carbocycles. The van der Waals surface area contributed by atoms with Crippen molar-refractivity contribution in [3.05, 3.63) is 103 Å². The van der Waals surface area contributed by atoms with Gasteiger partial charge in [0.15, 0.2) is 5.43 Å². The second-order valence-electron chi connectivity index (χ2n) is 7.28. The molecule has 4 aromatic rings. The van der Waals surface area contributed by atoms with Crippen molar-refractivity contribution in [2.75, 3.05) is 4.90 Å². The predicted molar refractivity (Wildman–Crippen MR) is 130 cm³/mol. The van der Waals surface area contributed by atoms with Crippen molar-refractivity contribution < 1.29 is 4.79 Å². The largest absolute Gasteiger partial charge is 0.289 e. The number of amides is 1. The molecule has 1 aromatic heterocycles. The van der Waals surface area contributed by atoms with E-state index in [-0.39, 0.29) is 17.8 Å². The lowest BCUT2D eigenvalue weighted by molar-refractivity contribution is -0.118. The van der Waals surface area contributed by atoms with E-state index < -0.39 is 5.92 Å². The van der Waals surface area contributed by atoms with Gasteiger partial charge in [-0.2, -0.15) is 0 Å². The Labute approximate surface area is 197 Å². The maximum atomic E-state index is 13.7. The van der Waals surface area contributed by atoms with Gasteiger partial charge in [-0.05, 0) is 48.0 Å². The molecule has 7 heteroatoms. The molecule has 0 saturated carbocycles. The van der Waals surface area contributed by atoms with Crippen molar-refractivity contribution in [1.29, 1.82) is 0 Å². The number of nitrogens with zero attached hydrogens (tertiary/aromatic N) is 1. The number of hydrogen-bond acceptors (Lipinski definition) is 3. The van der Waals surface area contributed by atoms with Crippen LogP contribution >= 0.6 is 46.1 Å². The first kappa shape index (κ1) is 20.5. The fraction of sp³-hybridized carbons (Fsp3) is 0.0833. The van der Waals surface area contributed by atoms with E-state index in [1.54, 1.807) is 41.3 Å². The third kappa shape index (κ3) is 3.54. The summed E-state index contributed by atoms with van der Waals surface area (Å²) in [6.45, 7) is 0. The van der Waals surface area contributed by atoms with E-state index in [0.717, 1.165) is 4.70 Å². The van der Waals surface area contributed by atoms with Gasteiger partial charge in [-0.15, -0.1) is 11.3 Å². The second kappa shape index (κ2) is 7.95. The monoisotopic (exact) mass is 485 g/mol. The molecule has 0 saturated heterocycles. The average molecular weight is 487 g/mol. The second-order valence-corrected chi connectivity index (χ2v) is 9.59. The highest BCUT2D eigenvalue weighted by Crippen LogP contribution is 2.47. The molecule has 0 spiro atoms. The summed E-state index contributed by atoms with van der Waals surface area (Å²) in [6, 6.07) is 19.7. The van der Waals surface area contributed by atoms with Crippen LogP contribution in [0.25, 0.3) is 10.1 Å². The summed E-state index contributed by atoms with van der Waals surface area (Å²) in [4.78, 5) is 28.7. The van der Waals surface area contributed by atoms with Crippen LogP contribution in [0.15, 0.2) is 71.5 Å². The quantitative estimate of drug-likeness (QED) is 0.295. The molecule has 1 unspecified atom stereocenters. The lowest BCUT2D eigenvalue weighted by Gasteiger charge is -2.33. The standard InChI is InChI=1S/C24H14Cl3NO2S/c25-13-6-8-16(19(27)10-13)18-12-21(29)28(15-4-2-1-3-5-15)24-22(18)23(30)17-9-7-14(26)11-20(17)31-24/h1-11,18H,12H2. The maximum Gasteiger partial charge on any atom is 0.233 e. The van der Waals surface area contributed by atoms with E-state index in [2.05, 4.69) is 0 Å². The van der Waals surface area contributed by atoms with Gasteiger partial charge in [0.1, 0.15) is 5.00 Å². The molecule has 3 nitrogen and oxygen atoms in total. The van der Waals surface area contributed by atoms with E-state index >= 15 is 0 Å². The van der Waals surface area contributed by atoms with Crippen LogP contribution in [0.1, 0.15) is 23.5 Å². The molecular formula is C24H14Cl3NO2S. The molecule has 0 bridgehead atoms. The lowest BCUT2D eigenvalue weighted by Crippen LogP contribution is -2.35. The highest BCUT2D eigenvalue weighted by atomic mass is 35.5. The fourth-order valence-electron chi connectivity index (χ4n) is 4.01. The summed E-state index contributed by atoms with van der Waals surface area (Å²) >= 11 is 20.2. The molecule has 1 aliphatic rings. The van der Waals surface area contributed by atoms with Crippen molar-refractivity contribution in [3.63, 3.8) is 0 Å². The minimum Gasteiger partial charge on any atom is -0.289 e. The molecule has 1 amide bonds. The zero-order chi connectivity index (χ0) is 21.7. The maximum absolute atomic E-state index is 13.7. The molecule has 0 radical (unpaired) electrons. The molecule has 31 heavy (non-hydrogen) atoms. The molecule has 0 fully saturated rings. The Hall–Kier alpha value is -2.37. The van der Waals surface area contributed by atoms with Gasteiger partial charge >= 0.3 is 0 Å². The molecule has 2 heterocycles. The van der Waals surface area contributed by atoms with E-state index in [4.69, 9.17) is 34.8 Å². The van der Waals surface area contributed by atoms with Crippen LogP contribution in [0.4, 0.5) is 10.7 Å². The third-order valence-corrected chi connectivity index (χ3v) is 7.35. The van der Waals surface area contributed by atoms with Gasteiger partial charge in [-0.1, -0.05) is 59.1 Å². The van der Waals surface area contributed by atoms with Crippen LogP contribution in [-0.4, -0.2) is 5.91 Å². The van der Waals surface area contributed by atoms with E-state index in [9.17, 15) is 9.59 Å². The Morgan fingerprint density at radius 3 is 2.32 bits per heavy atom. The smallest absolute Gasteiger partial charge is 0.233 e. The zero-order valence-corrected chi connectivity index (χ0v) is 19.0. The molecule has 0 N–H and O–H groups in total. The van der Waals surface area contributed by atoms with Crippen LogP contribution < -0.4 is 10.3 Å². The summed E-state index contributed by atoms with van der Waals surface area (Å²) in [6.07, 6.45) is 0.129. The van der Waals surface area contributed by atoms with Crippen LogP contribution in [0, 0.1) is 0 Å². The van der Waals surface area contributed by atoms with Crippen molar-refractivity contribution in [2.45, 2.75) is 12.3 Å². The van der Waals surface area contributed by atoms with Crippen LogP contribution in [0.3, 0.4) is 0 Å². The van der Waals surface area contributed by atoms with E-state index in [1.165, 1.54) is 11.3 Å². The average Bonchev–Trinajstić information content (AvgIpc) is 2.73. The molecule has 5 rings (SSSR count). The SMILES string of the molecule is O=C1CC(c2ccc(Cl)cc2Cl)c2c(sc3cc(Cl)ccc3c2=O)N1c1ccccc1. The van der Waals surface area contributed by atoms with Gasteiger partial charge in [0.25, 0.3) is 0 Å². The van der Waals surface area contributed by atoms with E-state index in [1.807, 2.05) is 30.3 Å². The van der Waals surface area contributed by atoms with Gasteiger partial charge in [0.05, 0.1) is 0 Å². The zero-order valence-electron chi connectivity index (χ0n) is 15.9. The number of hydrogen-bond donors (Lipinski definition) is 0. The number of carbonyl (C=O) groups is 1. The normalized spacial score (nSPS) is 15.9. The van der Waals surface area contributed by atoms with Gasteiger partial charge in [-0.3, -0.25) is 14.5 Å². The fourth-order valence-corrected chi connectivity index (χ4v) is 6.10.